The lowest BCUT2D eigenvalue weighted by atomic mass is 10.2. The molecular formula is C16H12ClFN2O2. The van der Waals surface area contributed by atoms with Gasteiger partial charge < -0.3 is 9.26 Å². The van der Waals surface area contributed by atoms with Gasteiger partial charge in [0, 0.05) is 10.6 Å². The van der Waals surface area contributed by atoms with E-state index in [1.807, 2.05) is 13.0 Å². The Morgan fingerprint density at radius 1 is 1.18 bits per heavy atom. The Kier molecular flexibility index (Phi) is 4.06. The zero-order valence-corrected chi connectivity index (χ0v) is 12.5. The van der Waals surface area contributed by atoms with Crippen LogP contribution in [-0.4, -0.2) is 10.1 Å². The highest BCUT2D eigenvalue weighted by Crippen LogP contribution is 2.22. The van der Waals surface area contributed by atoms with Crippen LogP contribution in [0.1, 0.15) is 11.4 Å². The molecule has 0 spiro atoms. The van der Waals surface area contributed by atoms with E-state index < -0.39 is 0 Å². The van der Waals surface area contributed by atoms with Crippen LogP contribution in [0.4, 0.5) is 4.39 Å². The summed E-state index contributed by atoms with van der Waals surface area (Å²) in [6, 6.07) is 11.2. The second-order valence-corrected chi connectivity index (χ2v) is 5.13. The van der Waals surface area contributed by atoms with E-state index in [-0.39, 0.29) is 12.4 Å². The van der Waals surface area contributed by atoms with Gasteiger partial charge in [0.15, 0.2) is 6.61 Å². The van der Waals surface area contributed by atoms with Crippen LogP contribution in [0.2, 0.25) is 5.02 Å². The zero-order valence-electron chi connectivity index (χ0n) is 11.7. The van der Waals surface area contributed by atoms with Gasteiger partial charge in [-0.05, 0) is 55.0 Å². The molecule has 0 aliphatic carbocycles. The maximum atomic E-state index is 12.9. The average Bonchev–Trinajstić information content (AvgIpc) is 2.98. The lowest BCUT2D eigenvalue weighted by Crippen LogP contribution is -1.97. The predicted molar refractivity (Wildman–Crippen MR) is 80.2 cm³/mol. The molecule has 0 fully saturated rings. The number of hydrogen-bond acceptors (Lipinski definition) is 4. The van der Waals surface area contributed by atoms with Crippen molar-refractivity contribution in [2.24, 2.45) is 0 Å². The van der Waals surface area contributed by atoms with Crippen molar-refractivity contribution in [2.45, 2.75) is 13.5 Å². The standard InChI is InChI=1S/C16H12ClFN2O2/c1-10-8-13(6-7-14(10)17)21-9-15-19-16(22-20-15)11-2-4-12(18)5-3-11/h2-8H,9H2,1H3. The molecule has 0 N–H and O–H groups in total. The summed E-state index contributed by atoms with van der Waals surface area (Å²) in [5, 5.41) is 4.52. The van der Waals surface area contributed by atoms with Gasteiger partial charge in [0.2, 0.25) is 5.82 Å². The van der Waals surface area contributed by atoms with Gasteiger partial charge in [-0.3, -0.25) is 0 Å². The van der Waals surface area contributed by atoms with Gasteiger partial charge in [-0.1, -0.05) is 16.8 Å². The monoisotopic (exact) mass is 318 g/mol. The number of nitrogens with zero attached hydrogens (tertiary/aromatic N) is 2. The number of hydrogen-bond donors (Lipinski definition) is 0. The number of rotatable bonds is 4. The molecule has 0 atom stereocenters. The lowest BCUT2D eigenvalue weighted by molar-refractivity contribution is 0.287. The number of ether oxygens (including phenoxy) is 1. The molecule has 6 heteroatoms. The minimum absolute atomic E-state index is 0.172. The van der Waals surface area contributed by atoms with Gasteiger partial charge in [0.05, 0.1) is 0 Å². The first-order chi connectivity index (χ1) is 10.6. The fraction of sp³-hybridized carbons (Fsp3) is 0.125. The molecule has 1 aromatic heterocycles. The molecule has 0 amide bonds. The highest BCUT2D eigenvalue weighted by atomic mass is 35.5. The van der Waals surface area contributed by atoms with Gasteiger partial charge in [0.1, 0.15) is 11.6 Å². The molecule has 112 valence electrons. The Balaban J connectivity index is 1.69. The number of aryl methyl sites for hydroxylation is 1. The van der Waals surface area contributed by atoms with E-state index in [4.69, 9.17) is 20.9 Å². The molecule has 0 radical (unpaired) electrons. The van der Waals surface area contributed by atoms with E-state index in [9.17, 15) is 4.39 Å². The fourth-order valence-corrected chi connectivity index (χ4v) is 1.99. The lowest BCUT2D eigenvalue weighted by Gasteiger charge is -2.05. The largest absolute Gasteiger partial charge is 0.485 e. The first-order valence-corrected chi connectivity index (χ1v) is 6.97. The van der Waals surface area contributed by atoms with Gasteiger partial charge >= 0.3 is 0 Å². The van der Waals surface area contributed by atoms with Crippen molar-refractivity contribution >= 4 is 11.6 Å². The third kappa shape index (κ3) is 3.26. The third-order valence-corrected chi connectivity index (χ3v) is 3.48. The smallest absolute Gasteiger partial charge is 0.258 e. The molecule has 0 aliphatic heterocycles. The van der Waals surface area contributed by atoms with Crippen molar-refractivity contribution in [2.75, 3.05) is 0 Å². The molecule has 0 saturated carbocycles. The zero-order chi connectivity index (χ0) is 15.5. The second-order valence-electron chi connectivity index (χ2n) is 4.72. The van der Waals surface area contributed by atoms with E-state index in [2.05, 4.69) is 10.1 Å². The van der Waals surface area contributed by atoms with E-state index in [0.717, 1.165) is 5.56 Å². The van der Waals surface area contributed by atoms with Crippen molar-refractivity contribution < 1.29 is 13.7 Å². The Bertz CT molecular complexity index is 787. The second kappa shape index (κ2) is 6.15. The van der Waals surface area contributed by atoms with Crippen LogP contribution in [0.3, 0.4) is 0 Å². The van der Waals surface area contributed by atoms with Crippen LogP contribution >= 0.6 is 11.6 Å². The van der Waals surface area contributed by atoms with E-state index in [1.165, 1.54) is 12.1 Å². The quantitative estimate of drug-likeness (QED) is 0.714. The van der Waals surface area contributed by atoms with E-state index in [0.29, 0.717) is 28.1 Å². The summed E-state index contributed by atoms with van der Waals surface area (Å²) in [7, 11) is 0. The van der Waals surface area contributed by atoms with Gasteiger partial charge in [-0.15, -0.1) is 0 Å². The first kappa shape index (κ1) is 14.5. The number of benzene rings is 2. The molecule has 2 aromatic carbocycles. The van der Waals surface area contributed by atoms with E-state index >= 15 is 0 Å². The summed E-state index contributed by atoms with van der Waals surface area (Å²) in [5.41, 5.74) is 1.58. The summed E-state index contributed by atoms with van der Waals surface area (Å²) in [5.74, 6) is 1.10. The summed E-state index contributed by atoms with van der Waals surface area (Å²) >= 11 is 5.96. The van der Waals surface area contributed by atoms with Crippen LogP contribution in [0.15, 0.2) is 47.0 Å². The summed E-state index contributed by atoms with van der Waals surface area (Å²) in [6.45, 7) is 2.07. The van der Waals surface area contributed by atoms with Crippen LogP contribution in [-0.2, 0) is 6.61 Å². The minimum atomic E-state index is -0.315. The first-order valence-electron chi connectivity index (χ1n) is 6.59. The number of halogens is 2. The van der Waals surface area contributed by atoms with Crippen molar-refractivity contribution in [3.63, 3.8) is 0 Å². The van der Waals surface area contributed by atoms with Crippen molar-refractivity contribution in [1.29, 1.82) is 0 Å². The van der Waals surface area contributed by atoms with Crippen molar-refractivity contribution in [3.8, 4) is 17.2 Å². The summed E-state index contributed by atoms with van der Waals surface area (Å²) in [4.78, 5) is 4.21. The molecule has 1 heterocycles. The van der Waals surface area contributed by atoms with Crippen LogP contribution in [0.25, 0.3) is 11.5 Å². The SMILES string of the molecule is Cc1cc(OCc2noc(-c3ccc(F)cc3)n2)ccc1Cl. The molecular weight excluding hydrogens is 307 g/mol. The van der Waals surface area contributed by atoms with Crippen molar-refractivity contribution in [3.05, 3.63) is 64.7 Å². The van der Waals surface area contributed by atoms with E-state index in [1.54, 1.807) is 24.3 Å². The fourth-order valence-electron chi connectivity index (χ4n) is 1.88. The summed E-state index contributed by atoms with van der Waals surface area (Å²) < 4.78 is 23.6. The Morgan fingerprint density at radius 3 is 2.68 bits per heavy atom. The van der Waals surface area contributed by atoms with Gasteiger partial charge in [-0.2, -0.15) is 4.98 Å². The van der Waals surface area contributed by atoms with Crippen molar-refractivity contribution in [1.82, 2.24) is 10.1 Å². The molecule has 0 unspecified atom stereocenters. The highest BCUT2D eigenvalue weighted by Gasteiger charge is 2.09. The Hall–Kier alpha value is -2.40. The molecule has 22 heavy (non-hydrogen) atoms. The Labute approximate surface area is 131 Å². The maximum Gasteiger partial charge on any atom is 0.258 e. The maximum absolute atomic E-state index is 12.9. The molecule has 0 bridgehead atoms. The predicted octanol–water partition coefficient (Wildman–Crippen LogP) is 4.42. The molecule has 3 rings (SSSR count). The van der Waals surface area contributed by atoms with Crippen LogP contribution in [0.5, 0.6) is 5.75 Å². The average molecular weight is 319 g/mol. The van der Waals surface area contributed by atoms with Crippen LogP contribution < -0.4 is 4.74 Å². The molecule has 4 nitrogen and oxygen atoms in total. The van der Waals surface area contributed by atoms with Gasteiger partial charge in [0.25, 0.3) is 5.89 Å². The van der Waals surface area contributed by atoms with Gasteiger partial charge in [-0.25, -0.2) is 4.39 Å². The summed E-state index contributed by atoms with van der Waals surface area (Å²) in [6.07, 6.45) is 0. The topological polar surface area (TPSA) is 48.2 Å². The highest BCUT2D eigenvalue weighted by molar-refractivity contribution is 6.31. The van der Waals surface area contributed by atoms with Crippen LogP contribution in [0, 0.1) is 12.7 Å². The Morgan fingerprint density at radius 2 is 1.95 bits per heavy atom. The number of aromatic nitrogens is 2. The molecule has 3 aromatic rings. The minimum Gasteiger partial charge on any atom is -0.485 e. The normalized spacial score (nSPS) is 10.7. The molecule has 0 saturated heterocycles. The molecule has 0 aliphatic rings. The third-order valence-electron chi connectivity index (χ3n) is 3.06.